The Hall–Kier alpha value is -2.28. The van der Waals surface area contributed by atoms with Crippen LogP contribution in [-0.2, 0) is 0 Å². The minimum atomic E-state index is -2.47. The molecule has 0 radical (unpaired) electrons. The molecule has 0 unspecified atom stereocenters. The third-order valence-electron chi connectivity index (χ3n) is 2.98. The summed E-state index contributed by atoms with van der Waals surface area (Å²) in [6, 6.07) is 11.0. The summed E-state index contributed by atoms with van der Waals surface area (Å²) in [4.78, 5) is 12.6. The van der Waals surface area contributed by atoms with Gasteiger partial charge in [-0.15, -0.1) is 0 Å². The fourth-order valence-electron chi connectivity index (χ4n) is 1.90. The average Bonchev–Trinajstić information content (AvgIpc) is 2.55. The highest BCUT2D eigenvalue weighted by molar-refractivity contribution is 7.99. The molecule has 4 nitrogen and oxygen atoms in total. The van der Waals surface area contributed by atoms with E-state index in [1.54, 1.807) is 30.3 Å². The highest BCUT2D eigenvalue weighted by Gasteiger charge is 2.11. The smallest absolute Gasteiger partial charge is 0.288 e. The lowest BCUT2D eigenvalue weighted by Gasteiger charge is -2.10. The number of methoxy groups -OCH3 is 2. The molecule has 0 fully saturated rings. The van der Waals surface area contributed by atoms with Gasteiger partial charge < -0.3 is 14.8 Å². The molecule has 0 heterocycles. The number of carbonyl (C=O) groups excluding carboxylic acids is 1. The largest absolute Gasteiger partial charge is 0.493 e. The van der Waals surface area contributed by atoms with Crippen LogP contribution in [0.3, 0.4) is 0 Å². The van der Waals surface area contributed by atoms with Crippen molar-refractivity contribution in [2.45, 2.75) is 10.7 Å². The van der Waals surface area contributed by atoms with Gasteiger partial charge >= 0.3 is 0 Å². The maximum absolute atomic E-state index is 12.3. The fraction of sp³-hybridized carbons (Fsp3) is 0.188. The highest BCUT2D eigenvalue weighted by Crippen LogP contribution is 2.28. The predicted molar refractivity (Wildman–Crippen MR) is 85.8 cm³/mol. The zero-order valence-corrected chi connectivity index (χ0v) is 13.3. The van der Waals surface area contributed by atoms with E-state index in [9.17, 15) is 13.6 Å². The van der Waals surface area contributed by atoms with Crippen molar-refractivity contribution >= 4 is 23.4 Å². The van der Waals surface area contributed by atoms with Gasteiger partial charge in [-0.05, 0) is 42.5 Å². The van der Waals surface area contributed by atoms with Gasteiger partial charge in [0.25, 0.3) is 11.7 Å². The number of alkyl halides is 2. The molecule has 2 rings (SSSR count). The molecule has 0 aromatic heterocycles. The van der Waals surface area contributed by atoms with Crippen molar-refractivity contribution in [1.82, 2.24) is 0 Å². The molecule has 1 N–H and O–H groups in total. The van der Waals surface area contributed by atoms with Gasteiger partial charge in [-0.2, -0.15) is 8.78 Å². The van der Waals surface area contributed by atoms with E-state index in [1.807, 2.05) is 0 Å². The summed E-state index contributed by atoms with van der Waals surface area (Å²) in [5.74, 6) is -1.83. The van der Waals surface area contributed by atoms with Crippen molar-refractivity contribution in [2.75, 3.05) is 19.5 Å². The first kappa shape index (κ1) is 17.1. The summed E-state index contributed by atoms with van der Waals surface area (Å²) in [5.41, 5.74) is 0.914. The minimum absolute atomic E-state index is 0.333. The van der Waals surface area contributed by atoms with Crippen LogP contribution < -0.4 is 14.8 Å². The SMILES string of the molecule is COc1ccc(C(=O)Nc2ccc(SC(F)F)cc2)cc1OC. The van der Waals surface area contributed by atoms with Gasteiger partial charge in [-0.1, -0.05) is 11.8 Å². The van der Waals surface area contributed by atoms with Gasteiger partial charge in [0.15, 0.2) is 11.5 Å². The van der Waals surface area contributed by atoms with Crippen LogP contribution in [-0.4, -0.2) is 25.9 Å². The molecule has 0 aliphatic carbocycles. The third kappa shape index (κ3) is 4.59. The summed E-state index contributed by atoms with van der Waals surface area (Å²) in [6.07, 6.45) is 0. The Morgan fingerprint density at radius 1 is 1.04 bits per heavy atom. The van der Waals surface area contributed by atoms with E-state index in [0.29, 0.717) is 39.4 Å². The van der Waals surface area contributed by atoms with Crippen LogP contribution in [0, 0.1) is 0 Å². The summed E-state index contributed by atoms with van der Waals surface area (Å²) >= 11 is 0.455. The van der Waals surface area contributed by atoms with Crippen molar-refractivity contribution in [3.8, 4) is 11.5 Å². The number of ether oxygens (including phenoxy) is 2. The fourth-order valence-corrected chi connectivity index (χ4v) is 2.40. The van der Waals surface area contributed by atoms with E-state index >= 15 is 0 Å². The molecule has 0 bridgehead atoms. The van der Waals surface area contributed by atoms with E-state index in [0.717, 1.165) is 0 Å². The Labute approximate surface area is 136 Å². The number of anilines is 1. The van der Waals surface area contributed by atoms with Gasteiger partial charge in [0, 0.05) is 16.1 Å². The maximum Gasteiger partial charge on any atom is 0.288 e. The molecule has 0 aliphatic rings. The Morgan fingerprint density at radius 2 is 1.70 bits per heavy atom. The molecule has 23 heavy (non-hydrogen) atoms. The van der Waals surface area contributed by atoms with E-state index in [1.165, 1.54) is 26.4 Å². The second kappa shape index (κ2) is 7.82. The van der Waals surface area contributed by atoms with Crippen LogP contribution in [0.5, 0.6) is 11.5 Å². The number of amides is 1. The lowest BCUT2D eigenvalue weighted by molar-refractivity contribution is 0.102. The molecule has 122 valence electrons. The third-order valence-corrected chi connectivity index (χ3v) is 3.71. The van der Waals surface area contributed by atoms with E-state index in [2.05, 4.69) is 5.32 Å². The Balaban J connectivity index is 2.09. The molecule has 2 aromatic rings. The van der Waals surface area contributed by atoms with Crippen LogP contribution in [0.1, 0.15) is 10.4 Å². The molecule has 0 saturated heterocycles. The number of hydrogen-bond donors (Lipinski definition) is 1. The summed E-state index contributed by atoms with van der Waals surface area (Å²) in [6.45, 7) is 0. The monoisotopic (exact) mass is 339 g/mol. The number of benzene rings is 2. The molecule has 7 heteroatoms. The van der Waals surface area contributed by atoms with Crippen molar-refractivity contribution < 1.29 is 23.0 Å². The van der Waals surface area contributed by atoms with Gasteiger partial charge in [0.1, 0.15) is 0 Å². The van der Waals surface area contributed by atoms with Gasteiger partial charge in [0.05, 0.1) is 14.2 Å². The number of rotatable bonds is 6. The quantitative estimate of drug-likeness (QED) is 0.799. The topological polar surface area (TPSA) is 47.6 Å². The molecule has 0 saturated carbocycles. The molecule has 2 aromatic carbocycles. The first-order valence-electron chi connectivity index (χ1n) is 6.61. The maximum atomic E-state index is 12.3. The minimum Gasteiger partial charge on any atom is -0.493 e. The first-order chi connectivity index (χ1) is 11.0. The Kier molecular flexibility index (Phi) is 5.81. The van der Waals surface area contributed by atoms with Crippen molar-refractivity contribution in [3.05, 3.63) is 48.0 Å². The summed E-state index contributed by atoms with van der Waals surface area (Å²) in [5, 5.41) is 2.70. The zero-order chi connectivity index (χ0) is 16.8. The number of halogens is 2. The van der Waals surface area contributed by atoms with Crippen LogP contribution in [0.25, 0.3) is 0 Å². The average molecular weight is 339 g/mol. The van der Waals surface area contributed by atoms with Crippen molar-refractivity contribution in [1.29, 1.82) is 0 Å². The molecular weight excluding hydrogens is 324 g/mol. The lowest BCUT2D eigenvalue weighted by Crippen LogP contribution is -2.12. The number of hydrogen-bond acceptors (Lipinski definition) is 4. The predicted octanol–water partition coefficient (Wildman–Crippen LogP) is 4.27. The second-order valence-corrected chi connectivity index (χ2v) is 5.49. The number of thioether (sulfide) groups is 1. The summed E-state index contributed by atoms with van der Waals surface area (Å²) < 4.78 is 34.8. The van der Waals surface area contributed by atoms with E-state index in [-0.39, 0.29) is 5.91 Å². The van der Waals surface area contributed by atoms with Crippen LogP contribution in [0.2, 0.25) is 0 Å². The van der Waals surface area contributed by atoms with Crippen LogP contribution in [0.15, 0.2) is 47.4 Å². The second-order valence-electron chi connectivity index (χ2n) is 4.43. The van der Waals surface area contributed by atoms with Gasteiger partial charge in [-0.25, -0.2) is 0 Å². The standard InChI is InChI=1S/C16H15F2NO3S/c1-21-13-8-3-10(9-14(13)22-2)15(20)19-11-4-6-12(7-5-11)23-16(17)18/h3-9,16H,1-2H3,(H,19,20). The molecule has 0 atom stereocenters. The molecule has 0 aliphatic heterocycles. The highest BCUT2D eigenvalue weighted by atomic mass is 32.2. The van der Waals surface area contributed by atoms with Crippen LogP contribution >= 0.6 is 11.8 Å². The van der Waals surface area contributed by atoms with E-state index < -0.39 is 5.76 Å². The first-order valence-corrected chi connectivity index (χ1v) is 7.49. The number of nitrogens with one attached hydrogen (secondary N) is 1. The van der Waals surface area contributed by atoms with Gasteiger partial charge in [-0.3, -0.25) is 4.79 Å². The molecule has 0 spiro atoms. The number of carbonyl (C=O) groups is 1. The zero-order valence-electron chi connectivity index (χ0n) is 12.5. The van der Waals surface area contributed by atoms with Gasteiger partial charge in [0.2, 0.25) is 0 Å². The van der Waals surface area contributed by atoms with Crippen LogP contribution in [0.4, 0.5) is 14.5 Å². The summed E-state index contributed by atoms with van der Waals surface area (Å²) in [7, 11) is 3.00. The molecule has 1 amide bonds. The van der Waals surface area contributed by atoms with E-state index in [4.69, 9.17) is 9.47 Å². The van der Waals surface area contributed by atoms with Crippen molar-refractivity contribution in [3.63, 3.8) is 0 Å². The molecular formula is C16H15F2NO3S. The normalized spacial score (nSPS) is 10.5. The lowest BCUT2D eigenvalue weighted by atomic mass is 10.2. The van der Waals surface area contributed by atoms with Crippen molar-refractivity contribution in [2.24, 2.45) is 0 Å². The Morgan fingerprint density at radius 3 is 2.26 bits per heavy atom. The Bertz CT molecular complexity index is 678.